The van der Waals surface area contributed by atoms with Gasteiger partial charge in [0.25, 0.3) is 0 Å². The van der Waals surface area contributed by atoms with Crippen molar-refractivity contribution < 1.29 is 4.74 Å². The van der Waals surface area contributed by atoms with Crippen molar-refractivity contribution in [3.8, 4) is 0 Å². The Kier molecular flexibility index (Phi) is 9.19. The standard InChI is InChI=1S/C40H45ClN2OS/c1-38(2,3)34-12-7-6-10-29(34)16-20-36(45-27-40(21-22-40)25-37-43-39(4,5)26-44-37)31-11-8-9-28(23-31)13-18-33-19-15-30-14-17-32(41)24-35(30)42-33/h6-15,17-19,23-24,36H,16,20-22,25-27H2,1-5H3/b18-13+/t36-/m1/s1. The molecule has 0 spiro atoms. The molecule has 1 atom stereocenters. The van der Waals surface area contributed by atoms with E-state index >= 15 is 0 Å². The number of nitrogens with zero attached hydrogens (tertiary/aromatic N) is 2. The number of aliphatic imine (C=N–C) groups is 1. The first-order valence-electron chi connectivity index (χ1n) is 16.2. The molecule has 1 aliphatic heterocycles. The lowest BCUT2D eigenvalue weighted by molar-refractivity contribution is 0.269. The maximum atomic E-state index is 6.23. The van der Waals surface area contributed by atoms with E-state index in [1.165, 1.54) is 35.1 Å². The van der Waals surface area contributed by atoms with Crippen LogP contribution in [0, 0.1) is 5.41 Å². The van der Waals surface area contributed by atoms with Crippen LogP contribution in [0.4, 0.5) is 0 Å². The van der Waals surface area contributed by atoms with Gasteiger partial charge in [0.2, 0.25) is 0 Å². The van der Waals surface area contributed by atoms with Crippen LogP contribution in [0.2, 0.25) is 5.02 Å². The van der Waals surface area contributed by atoms with Crippen LogP contribution in [-0.4, -0.2) is 28.8 Å². The van der Waals surface area contributed by atoms with Crippen LogP contribution in [0.25, 0.3) is 23.1 Å². The smallest absolute Gasteiger partial charge is 0.184 e. The molecule has 0 saturated heterocycles. The Bertz CT molecular complexity index is 1730. The quantitative estimate of drug-likeness (QED) is 0.164. The molecule has 2 aliphatic rings. The number of thioether (sulfide) groups is 1. The van der Waals surface area contributed by atoms with Gasteiger partial charge in [0.05, 0.1) is 16.7 Å². The summed E-state index contributed by atoms with van der Waals surface area (Å²) in [6.45, 7) is 12.0. The van der Waals surface area contributed by atoms with E-state index in [9.17, 15) is 0 Å². The number of pyridine rings is 1. The molecule has 3 nitrogen and oxygen atoms in total. The molecule has 45 heavy (non-hydrogen) atoms. The van der Waals surface area contributed by atoms with E-state index in [0.717, 1.165) is 47.5 Å². The van der Waals surface area contributed by atoms with Gasteiger partial charge in [0.15, 0.2) is 5.90 Å². The zero-order valence-electron chi connectivity index (χ0n) is 27.3. The molecule has 5 heteroatoms. The number of hydrogen-bond acceptors (Lipinski definition) is 4. The molecule has 6 rings (SSSR count). The summed E-state index contributed by atoms with van der Waals surface area (Å²) in [6, 6.07) is 28.1. The maximum Gasteiger partial charge on any atom is 0.184 e. The van der Waals surface area contributed by atoms with E-state index in [1.807, 2.05) is 18.2 Å². The number of ether oxygens (including phenoxy) is 1. The predicted molar refractivity (Wildman–Crippen MR) is 195 cm³/mol. The van der Waals surface area contributed by atoms with Gasteiger partial charge < -0.3 is 4.74 Å². The number of rotatable bonds is 11. The van der Waals surface area contributed by atoms with Crippen molar-refractivity contribution in [2.45, 2.75) is 82.9 Å². The fourth-order valence-corrected chi connectivity index (χ4v) is 7.98. The maximum absolute atomic E-state index is 6.23. The highest BCUT2D eigenvalue weighted by Crippen LogP contribution is 2.54. The molecule has 0 radical (unpaired) electrons. The van der Waals surface area contributed by atoms with Gasteiger partial charge in [0.1, 0.15) is 6.61 Å². The van der Waals surface area contributed by atoms with Crippen molar-refractivity contribution in [2.75, 3.05) is 12.4 Å². The minimum absolute atomic E-state index is 0.0924. The number of aryl methyl sites for hydroxylation is 1. The lowest BCUT2D eigenvalue weighted by Crippen LogP contribution is -2.17. The van der Waals surface area contributed by atoms with Gasteiger partial charge in [-0.3, -0.25) is 0 Å². The molecule has 3 aromatic carbocycles. The van der Waals surface area contributed by atoms with E-state index in [0.29, 0.717) is 22.3 Å². The predicted octanol–water partition coefficient (Wildman–Crippen LogP) is 11.1. The molecule has 0 unspecified atom stereocenters. The summed E-state index contributed by atoms with van der Waals surface area (Å²) in [6.07, 6.45) is 9.92. The molecule has 4 aromatic rings. The van der Waals surface area contributed by atoms with Crippen molar-refractivity contribution in [2.24, 2.45) is 10.4 Å². The number of halogens is 1. The first kappa shape index (κ1) is 31.9. The highest BCUT2D eigenvalue weighted by molar-refractivity contribution is 7.99. The monoisotopic (exact) mass is 636 g/mol. The molecule has 1 fully saturated rings. The Morgan fingerprint density at radius 2 is 1.76 bits per heavy atom. The first-order valence-corrected chi connectivity index (χ1v) is 17.7. The number of aromatic nitrogens is 1. The van der Waals surface area contributed by atoms with Crippen LogP contribution in [0.15, 0.2) is 83.9 Å². The van der Waals surface area contributed by atoms with Gasteiger partial charge in [-0.25, -0.2) is 9.98 Å². The second kappa shape index (κ2) is 13.0. The van der Waals surface area contributed by atoms with Crippen LogP contribution in [0.5, 0.6) is 0 Å². The summed E-state index contributed by atoms with van der Waals surface area (Å²) in [4.78, 5) is 9.70. The van der Waals surface area contributed by atoms with Gasteiger partial charge in [-0.2, -0.15) is 11.8 Å². The number of benzene rings is 3. The minimum Gasteiger partial charge on any atom is -0.478 e. The lowest BCUT2D eigenvalue weighted by atomic mass is 9.82. The summed E-state index contributed by atoms with van der Waals surface area (Å²) in [5.74, 6) is 2.09. The van der Waals surface area contributed by atoms with E-state index in [1.54, 1.807) is 0 Å². The Hall–Kier alpha value is -3.08. The lowest BCUT2D eigenvalue weighted by Gasteiger charge is -2.25. The summed E-state index contributed by atoms with van der Waals surface area (Å²) >= 11 is 8.35. The van der Waals surface area contributed by atoms with E-state index in [2.05, 4.69) is 119 Å². The molecule has 0 bridgehead atoms. The highest BCUT2D eigenvalue weighted by atomic mass is 35.5. The van der Waals surface area contributed by atoms with Gasteiger partial charge in [-0.05, 0) is 96.9 Å². The molecule has 234 valence electrons. The zero-order chi connectivity index (χ0) is 31.7. The average molecular weight is 637 g/mol. The second-order valence-corrected chi connectivity index (χ2v) is 16.2. The van der Waals surface area contributed by atoms with Crippen LogP contribution < -0.4 is 0 Å². The first-order chi connectivity index (χ1) is 21.5. The van der Waals surface area contributed by atoms with Crippen molar-refractivity contribution in [1.29, 1.82) is 0 Å². The van der Waals surface area contributed by atoms with Crippen molar-refractivity contribution >= 4 is 52.3 Å². The molecular formula is C40H45ClN2OS. The highest BCUT2D eigenvalue weighted by Gasteiger charge is 2.45. The van der Waals surface area contributed by atoms with Crippen molar-refractivity contribution in [3.63, 3.8) is 0 Å². The minimum atomic E-state index is -0.0924. The fraction of sp³-hybridized carbons (Fsp3) is 0.400. The Labute approximate surface area is 278 Å². The van der Waals surface area contributed by atoms with Crippen LogP contribution in [-0.2, 0) is 16.6 Å². The third-order valence-corrected chi connectivity index (χ3v) is 10.9. The number of hydrogen-bond donors (Lipinski definition) is 0. The third kappa shape index (κ3) is 8.20. The Morgan fingerprint density at radius 3 is 2.51 bits per heavy atom. The number of fused-ring (bicyclic) bond motifs is 1. The summed E-state index contributed by atoms with van der Waals surface area (Å²) in [5, 5.41) is 2.20. The van der Waals surface area contributed by atoms with Crippen molar-refractivity contribution in [3.05, 3.63) is 112 Å². The van der Waals surface area contributed by atoms with Gasteiger partial charge >= 0.3 is 0 Å². The molecule has 1 aliphatic carbocycles. The average Bonchev–Trinajstić information content (AvgIpc) is 3.68. The largest absolute Gasteiger partial charge is 0.478 e. The Morgan fingerprint density at radius 1 is 0.956 bits per heavy atom. The van der Waals surface area contributed by atoms with E-state index in [4.69, 9.17) is 26.3 Å². The fourth-order valence-electron chi connectivity index (χ4n) is 6.25. The van der Waals surface area contributed by atoms with Crippen LogP contribution >= 0.6 is 23.4 Å². The molecule has 1 saturated carbocycles. The summed E-state index contributed by atoms with van der Waals surface area (Å²) in [5.41, 5.74) is 7.68. The van der Waals surface area contributed by atoms with Crippen LogP contribution in [0.3, 0.4) is 0 Å². The summed E-state index contributed by atoms with van der Waals surface area (Å²) < 4.78 is 6.02. The SMILES string of the molecule is CC1(C)COC(CC2(CS[C@H](CCc3ccccc3C(C)(C)C)c3cccc(/C=C/c4ccc5ccc(Cl)cc5n4)c3)CC2)=N1. The van der Waals surface area contributed by atoms with Gasteiger partial charge in [0, 0.05) is 27.8 Å². The van der Waals surface area contributed by atoms with E-state index < -0.39 is 0 Å². The normalized spacial score (nSPS) is 17.8. The molecule has 2 heterocycles. The third-order valence-electron chi connectivity index (χ3n) is 9.00. The topological polar surface area (TPSA) is 34.5 Å². The second-order valence-electron chi connectivity index (χ2n) is 14.6. The van der Waals surface area contributed by atoms with Crippen molar-refractivity contribution in [1.82, 2.24) is 4.98 Å². The van der Waals surface area contributed by atoms with Gasteiger partial charge in [-0.15, -0.1) is 0 Å². The zero-order valence-corrected chi connectivity index (χ0v) is 28.8. The Balaban J connectivity index is 1.22. The molecular weight excluding hydrogens is 592 g/mol. The molecule has 0 amide bonds. The summed E-state index contributed by atoms with van der Waals surface area (Å²) in [7, 11) is 0. The van der Waals surface area contributed by atoms with E-state index in [-0.39, 0.29) is 11.0 Å². The van der Waals surface area contributed by atoms with Gasteiger partial charge in [-0.1, -0.05) is 99.1 Å². The molecule has 0 N–H and O–H groups in total. The van der Waals surface area contributed by atoms with Crippen LogP contribution in [0.1, 0.15) is 93.5 Å². The molecule has 1 aromatic heterocycles.